The molecule has 1 amide bonds. The van der Waals surface area contributed by atoms with Gasteiger partial charge in [0.15, 0.2) is 12.4 Å². The van der Waals surface area contributed by atoms with Crippen molar-refractivity contribution in [2.45, 2.75) is 6.92 Å². The molecule has 0 aliphatic rings. The van der Waals surface area contributed by atoms with E-state index in [4.69, 9.17) is 9.15 Å². The Bertz CT molecular complexity index is 958. The number of ketones is 1. The zero-order valence-electron chi connectivity index (χ0n) is 14.6. The van der Waals surface area contributed by atoms with Crippen LogP contribution in [-0.2, 0) is 4.74 Å². The number of hydrogen-bond donors (Lipinski definition) is 1. The molecular formula is C21H17NO5. The minimum atomic E-state index is -0.691. The summed E-state index contributed by atoms with van der Waals surface area (Å²) in [6.07, 6.45) is 0. The number of rotatable bonds is 6. The first-order chi connectivity index (χ1) is 13.0. The molecule has 0 unspecified atom stereocenters. The van der Waals surface area contributed by atoms with Crippen LogP contribution in [-0.4, -0.2) is 24.3 Å². The molecule has 0 radical (unpaired) electrons. The Morgan fingerprint density at radius 3 is 2.22 bits per heavy atom. The number of carbonyl (C=O) groups is 3. The van der Waals surface area contributed by atoms with Gasteiger partial charge in [-0.15, -0.1) is 0 Å². The maximum atomic E-state index is 12.1. The summed E-state index contributed by atoms with van der Waals surface area (Å²) in [4.78, 5) is 36.0. The number of esters is 1. The minimum Gasteiger partial charge on any atom is -0.454 e. The lowest BCUT2D eigenvalue weighted by Gasteiger charge is -2.07. The number of anilines is 1. The molecule has 27 heavy (non-hydrogen) atoms. The zero-order valence-corrected chi connectivity index (χ0v) is 14.6. The smallest absolute Gasteiger partial charge is 0.374 e. The lowest BCUT2D eigenvalue weighted by molar-refractivity contribution is 0.0443. The van der Waals surface area contributed by atoms with Crippen molar-refractivity contribution in [3.8, 4) is 0 Å². The molecule has 0 spiro atoms. The molecule has 3 rings (SSSR count). The molecular weight excluding hydrogens is 346 g/mol. The Morgan fingerprint density at radius 1 is 0.889 bits per heavy atom. The highest BCUT2D eigenvalue weighted by atomic mass is 16.5. The summed E-state index contributed by atoms with van der Waals surface area (Å²) in [5.74, 6) is -0.645. The third-order valence-corrected chi connectivity index (χ3v) is 3.78. The van der Waals surface area contributed by atoms with E-state index in [-0.39, 0.29) is 17.5 Å². The van der Waals surface area contributed by atoms with Gasteiger partial charge in [0.25, 0.3) is 5.91 Å². The van der Waals surface area contributed by atoms with E-state index in [2.05, 4.69) is 5.32 Å². The van der Waals surface area contributed by atoms with Crippen LogP contribution in [0, 0.1) is 6.92 Å². The predicted molar refractivity (Wildman–Crippen MR) is 98.9 cm³/mol. The number of amides is 1. The van der Waals surface area contributed by atoms with Crippen molar-refractivity contribution in [2.24, 2.45) is 0 Å². The van der Waals surface area contributed by atoms with E-state index < -0.39 is 12.6 Å². The first-order valence-corrected chi connectivity index (χ1v) is 8.26. The summed E-state index contributed by atoms with van der Waals surface area (Å²) in [5, 5.41) is 2.75. The fourth-order valence-electron chi connectivity index (χ4n) is 2.36. The van der Waals surface area contributed by atoms with Gasteiger partial charge >= 0.3 is 5.97 Å². The molecule has 0 atom stereocenters. The van der Waals surface area contributed by atoms with Gasteiger partial charge in [0.2, 0.25) is 5.76 Å². The van der Waals surface area contributed by atoms with Crippen LogP contribution in [0.25, 0.3) is 0 Å². The Morgan fingerprint density at radius 2 is 1.59 bits per heavy atom. The van der Waals surface area contributed by atoms with E-state index in [1.165, 1.54) is 6.07 Å². The number of carbonyl (C=O) groups excluding carboxylic acids is 3. The Kier molecular flexibility index (Phi) is 5.47. The van der Waals surface area contributed by atoms with Gasteiger partial charge in [0.1, 0.15) is 5.76 Å². The Balaban J connectivity index is 1.55. The van der Waals surface area contributed by atoms with Crippen molar-refractivity contribution >= 4 is 23.3 Å². The number of aryl methyl sites for hydroxylation is 1. The Labute approximate surface area is 155 Å². The summed E-state index contributed by atoms with van der Waals surface area (Å²) < 4.78 is 10.1. The standard InChI is InChI=1S/C21H17NO5/c1-14-7-12-19(27-14)21(25)26-13-18(23)15-8-10-17(11-9-15)22-20(24)16-5-3-2-4-6-16/h2-12H,13H2,1H3,(H,22,24). The summed E-state index contributed by atoms with van der Waals surface area (Å²) >= 11 is 0. The average molecular weight is 363 g/mol. The van der Waals surface area contributed by atoms with Crippen LogP contribution >= 0.6 is 0 Å². The molecule has 6 heteroatoms. The molecule has 0 saturated heterocycles. The van der Waals surface area contributed by atoms with Crippen LogP contribution in [0.3, 0.4) is 0 Å². The van der Waals surface area contributed by atoms with Gasteiger partial charge in [0, 0.05) is 16.8 Å². The third-order valence-electron chi connectivity index (χ3n) is 3.78. The SMILES string of the molecule is Cc1ccc(C(=O)OCC(=O)c2ccc(NC(=O)c3ccccc3)cc2)o1. The first-order valence-electron chi connectivity index (χ1n) is 8.26. The van der Waals surface area contributed by atoms with E-state index in [0.29, 0.717) is 22.6 Å². The molecule has 0 fully saturated rings. The third kappa shape index (κ3) is 4.70. The summed E-state index contributed by atoms with van der Waals surface area (Å²) in [6.45, 7) is 1.31. The number of benzene rings is 2. The molecule has 1 aromatic heterocycles. The first kappa shape index (κ1) is 18.1. The molecule has 1 N–H and O–H groups in total. The van der Waals surface area contributed by atoms with Crippen LogP contribution in [0.4, 0.5) is 5.69 Å². The van der Waals surface area contributed by atoms with Gasteiger partial charge in [0.05, 0.1) is 0 Å². The molecule has 136 valence electrons. The number of nitrogens with one attached hydrogen (secondary N) is 1. The molecule has 0 bridgehead atoms. The quantitative estimate of drug-likeness (QED) is 0.531. The lowest BCUT2D eigenvalue weighted by atomic mass is 10.1. The number of Topliss-reactive ketones (excluding diaryl/α,β-unsaturated/α-hetero) is 1. The van der Waals surface area contributed by atoms with Crippen LogP contribution < -0.4 is 5.32 Å². The largest absolute Gasteiger partial charge is 0.454 e. The molecule has 0 aliphatic heterocycles. The van der Waals surface area contributed by atoms with Gasteiger partial charge < -0.3 is 14.5 Å². The van der Waals surface area contributed by atoms with Crippen LogP contribution in [0.1, 0.15) is 37.0 Å². The van der Waals surface area contributed by atoms with Crippen molar-refractivity contribution in [3.05, 3.63) is 89.4 Å². The summed E-state index contributed by atoms with van der Waals surface area (Å²) in [5.41, 5.74) is 1.47. The second-order valence-electron chi connectivity index (χ2n) is 5.81. The van der Waals surface area contributed by atoms with E-state index >= 15 is 0 Å². The van der Waals surface area contributed by atoms with Crippen molar-refractivity contribution < 1.29 is 23.5 Å². The molecule has 2 aromatic carbocycles. The normalized spacial score (nSPS) is 10.3. The lowest BCUT2D eigenvalue weighted by Crippen LogP contribution is -2.14. The predicted octanol–water partition coefficient (Wildman–Crippen LogP) is 3.88. The van der Waals surface area contributed by atoms with Crippen molar-refractivity contribution in [3.63, 3.8) is 0 Å². The van der Waals surface area contributed by atoms with E-state index in [9.17, 15) is 14.4 Å². The van der Waals surface area contributed by atoms with Crippen molar-refractivity contribution in [2.75, 3.05) is 11.9 Å². The average Bonchev–Trinajstić information content (AvgIpc) is 3.13. The van der Waals surface area contributed by atoms with Crippen molar-refractivity contribution in [1.29, 1.82) is 0 Å². The van der Waals surface area contributed by atoms with E-state index in [1.807, 2.05) is 6.07 Å². The fourth-order valence-corrected chi connectivity index (χ4v) is 2.36. The highest BCUT2D eigenvalue weighted by Gasteiger charge is 2.15. The molecule has 0 aliphatic carbocycles. The second-order valence-corrected chi connectivity index (χ2v) is 5.81. The molecule has 6 nitrogen and oxygen atoms in total. The monoisotopic (exact) mass is 363 g/mol. The maximum Gasteiger partial charge on any atom is 0.374 e. The summed E-state index contributed by atoms with van der Waals surface area (Å²) in [6, 6.07) is 18.3. The fraction of sp³-hybridized carbons (Fsp3) is 0.0952. The zero-order chi connectivity index (χ0) is 19.2. The van der Waals surface area contributed by atoms with Gasteiger partial charge in [-0.25, -0.2) is 4.79 Å². The summed E-state index contributed by atoms with van der Waals surface area (Å²) in [7, 11) is 0. The Hall–Kier alpha value is -3.67. The van der Waals surface area contributed by atoms with Crippen LogP contribution in [0.15, 0.2) is 71.1 Å². The molecule has 3 aromatic rings. The van der Waals surface area contributed by atoms with Gasteiger partial charge in [-0.2, -0.15) is 0 Å². The topological polar surface area (TPSA) is 85.6 Å². The number of hydrogen-bond acceptors (Lipinski definition) is 5. The van der Waals surface area contributed by atoms with Crippen LogP contribution in [0.5, 0.6) is 0 Å². The highest BCUT2D eigenvalue weighted by molar-refractivity contribution is 6.04. The molecule has 0 saturated carbocycles. The van der Waals surface area contributed by atoms with E-state index in [0.717, 1.165) is 0 Å². The van der Waals surface area contributed by atoms with Gasteiger partial charge in [-0.05, 0) is 55.5 Å². The van der Waals surface area contributed by atoms with Crippen LogP contribution in [0.2, 0.25) is 0 Å². The van der Waals surface area contributed by atoms with Crippen molar-refractivity contribution in [1.82, 2.24) is 0 Å². The number of ether oxygens (including phenoxy) is 1. The molecule has 1 heterocycles. The minimum absolute atomic E-state index is 0.0549. The number of furan rings is 1. The van der Waals surface area contributed by atoms with Gasteiger partial charge in [-0.3, -0.25) is 9.59 Å². The van der Waals surface area contributed by atoms with Gasteiger partial charge in [-0.1, -0.05) is 18.2 Å². The second kappa shape index (κ2) is 8.14. The highest BCUT2D eigenvalue weighted by Crippen LogP contribution is 2.13. The van der Waals surface area contributed by atoms with E-state index in [1.54, 1.807) is 61.5 Å². The maximum absolute atomic E-state index is 12.1.